The summed E-state index contributed by atoms with van der Waals surface area (Å²) in [5.74, 6) is -0.0508. The number of piperidine rings is 1. The van der Waals surface area contributed by atoms with Crippen LogP contribution in [-0.4, -0.2) is 39.1 Å². The van der Waals surface area contributed by atoms with Crippen LogP contribution in [0.2, 0.25) is 0 Å². The summed E-state index contributed by atoms with van der Waals surface area (Å²) in [6.45, 7) is 4.42. The number of anilines is 1. The van der Waals surface area contributed by atoms with Crippen molar-refractivity contribution in [3.05, 3.63) is 41.9 Å². The van der Waals surface area contributed by atoms with E-state index in [0.29, 0.717) is 12.1 Å². The zero-order valence-corrected chi connectivity index (χ0v) is 16.2. The van der Waals surface area contributed by atoms with Gasteiger partial charge in [0, 0.05) is 43.3 Å². The van der Waals surface area contributed by atoms with E-state index in [1.165, 1.54) is 0 Å². The number of nitrogens with two attached hydrogens (primary N) is 1. The lowest BCUT2D eigenvalue weighted by molar-refractivity contribution is 0.0966. The Morgan fingerprint density at radius 2 is 2.00 bits per heavy atom. The van der Waals surface area contributed by atoms with Gasteiger partial charge in [0.25, 0.3) is 5.91 Å². The van der Waals surface area contributed by atoms with Crippen LogP contribution in [0.1, 0.15) is 35.7 Å². The van der Waals surface area contributed by atoms with E-state index in [0.717, 1.165) is 59.5 Å². The van der Waals surface area contributed by atoms with Crippen molar-refractivity contribution in [3.8, 4) is 11.3 Å². The smallest absolute Gasteiger partial charge is 0.254 e. The van der Waals surface area contributed by atoms with Gasteiger partial charge < -0.3 is 20.5 Å². The summed E-state index contributed by atoms with van der Waals surface area (Å²) in [6.07, 6.45) is 5.58. The molecule has 0 bridgehead atoms. The van der Waals surface area contributed by atoms with Crippen LogP contribution in [0.25, 0.3) is 22.3 Å². The first-order chi connectivity index (χ1) is 13.4. The lowest BCUT2D eigenvalue weighted by Crippen LogP contribution is -2.48. The molecule has 7 heteroatoms. The summed E-state index contributed by atoms with van der Waals surface area (Å²) in [6, 6.07) is 6.02. The zero-order valence-electron chi connectivity index (χ0n) is 16.2. The molecule has 3 N–H and O–H groups in total. The fourth-order valence-electron chi connectivity index (χ4n) is 4.24. The van der Waals surface area contributed by atoms with Crippen molar-refractivity contribution >= 4 is 22.6 Å². The zero-order chi connectivity index (χ0) is 19.5. The van der Waals surface area contributed by atoms with Crippen molar-refractivity contribution < 1.29 is 4.79 Å². The first-order valence-electron chi connectivity index (χ1n) is 9.68. The van der Waals surface area contributed by atoms with Gasteiger partial charge in [-0.05, 0) is 31.9 Å². The quantitative estimate of drug-likeness (QED) is 0.716. The summed E-state index contributed by atoms with van der Waals surface area (Å²) in [4.78, 5) is 24.1. The normalized spacial score (nSPS) is 18.4. The Hall–Kier alpha value is -2.93. The summed E-state index contributed by atoms with van der Waals surface area (Å²) >= 11 is 0. The summed E-state index contributed by atoms with van der Waals surface area (Å²) < 4.78 is 1.98. The molecule has 4 heterocycles. The number of amides is 1. The van der Waals surface area contributed by atoms with Crippen LogP contribution < -0.4 is 16.0 Å². The maximum Gasteiger partial charge on any atom is 0.254 e. The molecule has 0 aliphatic carbocycles. The average molecular weight is 376 g/mol. The Kier molecular flexibility index (Phi) is 3.71. The van der Waals surface area contributed by atoms with Crippen molar-refractivity contribution in [2.75, 3.05) is 18.0 Å². The Morgan fingerprint density at radius 3 is 2.79 bits per heavy atom. The Morgan fingerprint density at radius 1 is 1.21 bits per heavy atom. The first-order valence-corrected chi connectivity index (χ1v) is 9.68. The van der Waals surface area contributed by atoms with Gasteiger partial charge in [-0.3, -0.25) is 9.78 Å². The summed E-state index contributed by atoms with van der Waals surface area (Å²) in [7, 11) is 1.97. The van der Waals surface area contributed by atoms with E-state index >= 15 is 0 Å². The molecule has 5 rings (SSSR count). The number of hydrogen-bond acceptors (Lipinski definition) is 5. The third-order valence-electron chi connectivity index (χ3n) is 6.06. The Balaban J connectivity index is 1.59. The van der Waals surface area contributed by atoms with Crippen molar-refractivity contribution in [1.29, 1.82) is 0 Å². The van der Waals surface area contributed by atoms with Crippen molar-refractivity contribution in [3.63, 3.8) is 0 Å². The Labute approximate surface area is 163 Å². The molecule has 2 aromatic heterocycles. The predicted molar refractivity (Wildman–Crippen MR) is 109 cm³/mol. The van der Waals surface area contributed by atoms with E-state index in [1.807, 2.05) is 29.9 Å². The molecule has 28 heavy (non-hydrogen) atoms. The minimum absolute atomic E-state index is 0.0508. The van der Waals surface area contributed by atoms with Crippen LogP contribution in [-0.2, 0) is 13.6 Å². The van der Waals surface area contributed by atoms with E-state index in [4.69, 9.17) is 10.7 Å². The van der Waals surface area contributed by atoms with Gasteiger partial charge in [-0.15, -0.1) is 0 Å². The monoisotopic (exact) mass is 376 g/mol. The molecule has 144 valence electrons. The number of benzene rings is 1. The number of carbonyl (C=O) groups is 1. The number of aromatic nitrogens is 3. The van der Waals surface area contributed by atoms with Gasteiger partial charge in [0.2, 0.25) is 0 Å². The highest BCUT2D eigenvalue weighted by Gasteiger charge is 2.32. The second-order valence-corrected chi connectivity index (χ2v) is 8.23. The molecule has 0 saturated carbocycles. The second kappa shape index (κ2) is 6.04. The molecule has 1 fully saturated rings. The molecule has 0 spiro atoms. The van der Waals surface area contributed by atoms with Gasteiger partial charge in [-0.25, -0.2) is 4.98 Å². The maximum absolute atomic E-state index is 12.7. The first kappa shape index (κ1) is 17.2. The largest absolute Gasteiger partial charge is 0.370 e. The number of imidazole rings is 1. The number of pyridine rings is 1. The van der Waals surface area contributed by atoms with E-state index in [1.54, 1.807) is 6.33 Å². The van der Waals surface area contributed by atoms with Gasteiger partial charge >= 0.3 is 0 Å². The number of hydrogen-bond donors (Lipinski definition) is 2. The number of nitrogens with one attached hydrogen (secondary N) is 1. The molecule has 2 aliphatic rings. The topological polar surface area (TPSA) is 89.1 Å². The lowest BCUT2D eigenvalue weighted by atomic mass is 9.90. The number of fused-ring (bicyclic) bond motifs is 2. The van der Waals surface area contributed by atoms with Gasteiger partial charge in [0.05, 0.1) is 40.5 Å². The number of rotatable bonds is 2. The van der Waals surface area contributed by atoms with Gasteiger partial charge in [-0.1, -0.05) is 6.07 Å². The molecule has 0 unspecified atom stereocenters. The van der Waals surface area contributed by atoms with Crippen molar-refractivity contribution in [1.82, 2.24) is 19.9 Å². The van der Waals surface area contributed by atoms with E-state index in [9.17, 15) is 4.79 Å². The van der Waals surface area contributed by atoms with Crippen molar-refractivity contribution in [2.45, 2.75) is 31.8 Å². The van der Waals surface area contributed by atoms with Crippen LogP contribution in [0, 0.1) is 0 Å². The Bertz CT molecular complexity index is 1090. The fourth-order valence-corrected chi connectivity index (χ4v) is 4.24. The maximum atomic E-state index is 12.7. The number of carbonyl (C=O) groups excluding carboxylic acids is 1. The molecule has 1 amide bonds. The molecule has 2 aliphatic heterocycles. The summed E-state index contributed by atoms with van der Waals surface area (Å²) in [5.41, 5.74) is 12.6. The standard InChI is InChI=1S/C21H24N6O/c1-21(22)5-7-27(8-6-21)17-11-23-19(18-14(17)10-24-20(18)28)13-3-4-15-16(9-13)26(2)12-25-15/h3-4,9,11-12H,5-8,10,22H2,1-2H3,(H,24,28). The lowest BCUT2D eigenvalue weighted by Gasteiger charge is -2.38. The van der Waals surface area contributed by atoms with Crippen LogP contribution in [0.5, 0.6) is 0 Å². The molecule has 1 aromatic carbocycles. The third-order valence-corrected chi connectivity index (χ3v) is 6.06. The number of aryl methyl sites for hydroxylation is 1. The predicted octanol–water partition coefficient (Wildman–Crippen LogP) is 2.20. The van der Waals surface area contributed by atoms with Crippen LogP contribution in [0.4, 0.5) is 5.69 Å². The van der Waals surface area contributed by atoms with E-state index in [-0.39, 0.29) is 11.4 Å². The second-order valence-electron chi connectivity index (χ2n) is 8.23. The van der Waals surface area contributed by atoms with E-state index < -0.39 is 0 Å². The minimum atomic E-state index is -0.111. The molecule has 0 atom stereocenters. The molecule has 0 radical (unpaired) electrons. The molecular weight excluding hydrogens is 352 g/mol. The third kappa shape index (κ3) is 2.65. The molecule has 3 aromatic rings. The molecule has 1 saturated heterocycles. The highest BCUT2D eigenvalue weighted by Crippen LogP contribution is 2.36. The fraction of sp³-hybridized carbons (Fsp3) is 0.381. The van der Waals surface area contributed by atoms with Crippen LogP contribution in [0.15, 0.2) is 30.7 Å². The van der Waals surface area contributed by atoms with E-state index in [2.05, 4.69) is 28.2 Å². The van der Waals surface area contributed by atoms with Crippen molar-refractivity contribution in [2.24, 2.45) is 12.8 Å². The highest BCUT2D eigenvalue weighted by atomic mass is 16.1. The minimum Gasteiger partial charge on any atom is -0.370 e. The van der Waals surface area contributed by atoms with Crippen LogP contribution >= 0.6 is 0 Å². The molecule has 7 nitrogen and oxygen atoms in total. The van der Waals surface area contributed by atoms with Crippen LogP contribution in [0.3, 0.4) is 0 Å². The SMILES string of the molecule is Cn1cnc2ccc(-c3ncc(N4CCC(C)(N)CC4)c4c3C(=O)NC4)cc21. The average Bonchev–Trinajstić information content (AvgIpc) is 3.25. The van der Waals surface area contributed by atoms with Gasteiger partial charge in [0.15, 0.2) is 0 Å². The van der Waals surface area contributed by atoms with Gasteiger partial charge in [0.1, 0.15) is 0 Å². The molecular formula is C21H24N6O. The summed E-state index contributed by atoms with van der Waals surface area (Å²) in [5, 5.41) is 2.99. The highest BCUT2D eigenvalue weighted by molar-refractivity contribution is 6.05. The number of nitrogens with zero attached hydrogens (tertiary/aromatic N) is 4. The van der Waals surface area contributed by atoms with Gasteiger partial charge in [-0.2, -0.15) is 0 Å².